The van der Waals surface area contributed by atoms with E-state index in [1.807, 2.05) is 0 Å². The number of hydrogen-bond acceptors (Lipinski definition) is 2. The predicted molar refractivity (Wildman–Crippen MR) is 34.6 cm³/mol. The van der Waals surface area contributed by atoms with Crippen LogP contribution in [0.5, 0.6) is 0 Å². The molecule has 1 heterocycles. The monoisotopic (exact) mass is 124 g/mol. The number of pyridine rings is 1. The Labute approximate surface area is 53.3 Å². The van der Waals surface area contributed by atoms with Gasteiger partial charge in [-0.2, -0.15) is 4.73 Å². The van der Waals surface area contributed by atoms with Crippen molar-refractivity contribution >= 4 is 5.69 Å². The average Bonchev–Trinajstić information content (AvgIpc) is 1.80. The second-order valence-corrected chi connectivity index (χ2v) is 1.93. The quantitative estimate of drug-likeness (QED) is 0.397. The van der Waals surface area contributed by atoms with Gasteiger partial charge in [0.05, 0.1) is 5.69 Å². The van der Waals surface area contributed by atoms with E-state index in [0.717, 1.165) is 4.73 Å². The van der Waals surface area contributed by atoms with Crippen molar-refractivity contribution in [2.75, 3.05) is 5.73 Å². The third-order valence-corrected chi connectivity index (χ3v) is 1.13. The molecule has 1 aromatic heterocycles. The van der Waals surface area contributed by atoms with E-state index < -0.39 is 0 Å². The van der Waals surface area contributed by atoms with Crippen LogP contribution in [0.25, 0.3) is 0 Å². The van der Waals surface area contributed by atoms with Gasteiger partial charge < -0.3 is 10.9 Å². The van der Waals surface area contributed by atoms with Crippen LogP contribution in [0, 0.1) is 12.1 Å². The van der Waals surface area contributed by atoms with E-state index in [0.29, 0.717) is 11.4 Å². The normalized spacial score (nSPS) is 9.44. The minimum atomic E-state index is 0.496. The number of hydrogen-bond donors (Lipinski definition) is 1. The van der Waals surface area contributed by atoms with Crippen molar-refractivity contribution in [2.24, 2.45) is 0 Å². The zero-order valence-corrected chi connectivity index (χ0v) is 5.16. The molecular weight excluding hydrogens is 116 g/mol. The van der Waals surface area contributed by atoms with Crippen molar-refractivity contribution in [3.8, 4) is 0 Å². The Bertz CT molecular complexity index is 222. The highest BCUT2D eigenvalue weighted by Gasteiger charge is 1.95. The summed E-state index contributed by atoms with van der Waals surface area (Å²) >= 11 is 0. The van der Waals surface area contributed by atoms with Crippen LogP contribution in [-0.2, 0) is 0 Å². The Hall–Kier alpha value is -1.25. The minimum absolute atomic E-state index is 0.496. The fourth-order valence-electron chi connectivity index (χ4n) is 0.571. The average molecular weight is 124 g/mol. The van der Waals surface area contributed by atoms with Crippen LogP contribution < -0.4 is 10.5 Å². The van der Waals surface area contributed by atoms with E-state index in [2.05, 4.69) is 0 Å². The molecule has 0 aliphatic rings. The lowest BCUT2D eigenvalue weighted by atomic mass is 10.3. The minimum Gasteiger partial charge on any atom is -0.618 e. The number of anilines is 1. The Morgan fingerprint density at radius 2 is 2.22 bits per heavy atom. The zero-order valence-electron chi connectivity index (χ0n) is 5.16. The van der Waals surface area contributed by atoms with Crippen molar-refractivity contribution in [3.05, 3.63) is 29.2 Å². The molecular formula is C6H8N2O. The number of nitrogens with zero attached hydrogens (tertiary/aromatic N) is 1. The largest absolute Gasteiger partial charge is 0.618 e. The lowest BCUT2D eigenvalue weighted by Gasteiger charge is -1.98. The second kappa shape index (κ2) is 1.93. The highest BCUT2D eigenvalue weighted by atomic mass is 16.5. The molecule has 3 nitrogen and oxygen atoms in total. The molecule has 2 N–H and O–H groups in total. The van der Waals surface area contributed by atoms with E-state index in [4.69, 9.17) is 5.73 Å². The molecule has 0 saturated carbocycles. The predicted octanol–water partition coefficient (Wildman–Crippen LogP) is 0.211. The Morgan fingerprint density at radius 3 is 2.67 bits per heavy atom. The summed E-state index contributed by atoms with van der Waals surface area (Å²) in [5, 5.41) is 10.7. The summed E-state index contributed by atoms with van der Waals surface area (Å²) in [6.07, 6.45) is 1.34. The SMILES string of the molecule is Cc1ccc(N)c[n+]1[O-]. The number of aryl methyl sites for hydroxylation is 1. The van der Waals surface area contributed by atoms with Gasteiger partial charge >= 0.3 is 0 Å². The molecule has 0 bridgehead atoms. The zero-order chi connectivity index (χ0) is 6.85. The van der Waals surface area contributed by atoms with Crippen LogP contribution in [0.2, 0.25) is 0 Å². The number of nitrogens with two attached hydrogens (primary N) is 1. The molecule has 48 valence electrons. The number of aromatic nitrogens is 1. The highest BCUT2D eigenvalue weighted by Crippen LogP contribution is 1.96. The molecule has 0 aliphatic heterocycles. The van der Waals surface area contributed by atoms with Gasteiger partial charge in [0.1, 0.15) is 0 Å². The third kappa shape index (κ3) is 1.10. The van der Waals surface area contributed by atoms with Crippen LogP contribution in [-0.4, -0.2) is 0 Å². The van der Waals surface area contributed by atoms with Crippen molar-refractivity contribution in [2.45, 2.75) is 6.92 Å². The Kier molecular flexibility index (Phi) is 1.26. The first-order valence-electron chi connectivity index (χ1n) is 2.65. The van der Waals surface area contributed by atoms with Crippen molar-refractivity contribution in [1.29, 1.82) is 0 Å². The van der Waals surface area contributed by atoms with Crippen molar-refractivity contribution in [3.63, 3.8) is 0 Å². The molecule has 0 spiro atoms. The maximum atomic E-state index is 10.7. The Balaban J connectivity index is 3.17. The smallest absolute Gasteiger partial charge is 0.203 e. The van der Waals surface area contributed by atoms with Gasteiger partial charge in [-0.25, -0.2) is 0 Å². The molecule has 0 fully saturated rings. The molecule has 0 aliphatic carbocycles. The van der Waals surface area contributed by atoms with E-state index >= 15 is 0 Å². The van der Waals surface area contributed by atoms with Gasteiger partial charge in [-0.1, -0.05) is 0 Å². The van der Waals surface area contributed by atoms with Crippen molar-refractivity contribution < 1.29 is 4.73 Å². The summed E-state index contributed by atoms with van der Waals surface area (Å²) in [4.78, 5) is 0. The molecule has 0 atom stereocenters. The Morgan fingerprint density at radius 1 is 1.56 bits per heavy atom. The lowest BCUT2D eigenvalue weighted by Crippen LogP contribution is -2.29. The van der Waals surface area contributed by atoms with Crippen LogP contribution in [0.4, 0.5) is 5.69 Å². The summed E-state index contributed by atoms with van der Waals surface area (Å²) in [5.41, 5.74) is 6.46. The molecule has 1 rings (SSSR count). The summed E-state index contributed by atoms with van der Waals surface area (Å²) < 4.78 is 0.745. The van der Waals surface area contributed by atoms with Gasteiger partial charge in [-0.15, -0.1) is 0 Å². The van der Waals surface area contributed by atoms with E-state index in [1.54, 1.807) is 19.1 Å². The van der Waals surface area contributed by atoms with Crippen LogP contribution in [0.15, 0.2) is 18.3 Å². The number of rotatable bonds is 0. The molecule has 0 amide bonds. The number of nitrogen functional groups attached to an aromatic ring is 1. The topological polar surface area (TPSA) is 53.0 Å². The molecule has 1 aromatic rings. The lowest BCUT2D eigenvalue weighted by molar-refractivity contribution is -0.611. The molecule has 0 unspecified atom stereocenters. The van der Waals surface area contributed by atoms with Gasteiger partial charge in [0.2, 0.25) is 6.20 Å². The van der Waals surface area contributed by atoms with E-state index in [9.17, 15) is 5.21 Å². The van der Waals surface area contributed by atoms with Crippen LogP contribution in [0.3, 0.4) is 0 Å². The van der Waals surface area contributed by atoms with Gasteiger partial charge in [0.15, 0.2) is 5.69 Å². The van der Waals surface area contributed by atoms with Gasteiger partial charge in [0, 0.05) is 13.0 Å². The molecule has 9 heavy (non-hydrogen) atoms. The first-order chi connectivity index (χ1) is 4.20. The fourth-order valence-corrected chi connectivity index (χ4v) is 0.571. The molecule has 0 radical (unpaired) electrons. The summed E-state index contributed by atoms with van der Waals surface area (Å²) in [7, 11) is 0. The molecule has 0 aromatic carbocycles. The van der Waals surface area contributed by atoms with Gasteiger partial charge in [-0.3, -0.25) is 0 Å². The maximum Gasteiger partial charge on any atom is 0.203 e. The second-order valence-electron chi connectivity index (χ2n) is 1.93. The van der Waals surface area contributed by atoms with Crippen molar-refractivity contribution in [1.82, 2.24) is 0 Å². The highest BCUT2D eigenvalue weighted by molar-refractivity contribution is 5.31. The standard InChI is InChI=1S/C6H8N2O/c1-5-2-3-6(7)4-8(5)9/h2-4H,7H2,1H3. The van der Waals surface area contributed by atoms with Gasteiger partial charge in [0.25, 0.3) is 0 Å². The maximum absolute atomic E-state index is 10.7. The van der Waals surface area contributed by atoms with E-state index in [1.165, 1.54) is 6.20 Å². The molecule has 0 saturated heterocycles. The summed E-state index contributed by atoms with van der Waals surface area (Å²) in [5.74, 6) is 0. The van der Waals surface area contributed by atoms with E-state index in [-0.39, 0.29) is 0 Å². The van der Waals surface area contributed by atoms with Crippen LogP contribution in [0.1, 0.15) is 5.69 Å². The first kappa shape index (κ1) is 5.88. The van der Waals surface area contributed by atoms with Crippen LogP contribution >= 0.6 is 0 Å². The summed E-state index contributed by atoms with van der Waals surface area (Å²) in [6, 6.07) is 3.38. The van der Waals surface area contributed by atoms with Gasteiger partial charge in [-0.05, 0) is 6.07 Å². The summed E-state index contributed by atoms with van der Waals surface area (Å²) in [6.45, 7) is 1.73. The third-order valence-electron chi connectivity index (χ3n) is 1.13. The fraction of sp³-hybridized carbons (Fsp3) is 0.167. The first-order valence-corrected chi connectivity index (χ1v) is 2.65. The molecule has 3 heteroatoms.